The minimum absolute atomic E-state index is 0.216. The summed E-state index contributed by atoms with van der Waals surface area (Å²) in [5.74, 6) is 0.429. The summed E-state index contributed by atoms with van der Waals surface area (Å²) in [7, 11) is 1.58. The molecule has 2 N–H and O–H groups in total. The van der Waals surface area contributed by atoms with Crippen LogP contribution in [0.1, 0.15) is 28.4 Å². The number of methoxy groups -OCH3 is 1. The van der Waals surface area contributed by atoms with Crippen LogP contribution in [0, 0.1) is 0 Å². The molecule has 3 rings (SSSR count). The molecular weight excluding hydrogens is 448 g/mol. The third-order valence-corrected chi connectivity index (χ3v) is 4.81. The van der Waals surface area contributed by atoms with Crippen LogP contribution in [0.5, 0.6) is 11.5 Å². The number of benzene rings is 3. The van der Waals surface area contributed by atoms with Crippen LogP contribution in [0.15, 0.2) is 78.9 Å². The second-order valence-electron chi connectivity index (χ2n) is 7.25. The average molecular weight is 475 g/mol. The highest BCUT2D eigenvalue weighted by molar-refractivity contribution is 6.02. The Morgan fingerprint density at radius 1 is 0.914 bits per heavy atom. The molecule has 0 aliphatic rings. The number of anilines is 1. The Morgan fingerprint density at radius 2 is 1.63 bits per heavy atom. The number of amides is 2. The van der Waals surface area contributed by atoms with E-state index < -0.39 is 6.16 Å². The van der Waals surface area contributed by atoms with Crippen molar-refractivity contribution in [1.29, 1.82) is 0 Å². The van der Waals surface area contributed by atoms with Gasteiger partial charge in [-0.15, -0.1) is 0 Å². The molecule has 0 atom stereocenters. The molecule has 0 fully saturated rings. The molecule has 0 saturated heterocycles. The van der Waals surface area contributed by atoms with E-state index in [4.69, 9.17) is 14.2 Å². The van der Waals surface area contributed by atoms with Crippen LogP contribution in [0.4, 0.5) is 10.5 Å². The summed E-state index contributed by atoms with van der Waals surface area (Å²) in [5.41, 5.74) is 2.72. The highest BCUT2D eigenvalue weighted by atomic mass is 16.7. The number of hydrogen-bond donors (Lipinski definition) is 2. The van der Waals surface area contributed by atoms with Crippen molar-refractivity contribution >= 4 is 29.7 Å². The van der Waals surface area contributed by atoms with Crippen LogP contribution in [0.25, 0.3) is 6.08 Å². The molecule has 0 aliphatic heterocycles. The first-order chi connectivity index (χ1) is 17.0. The van der Waals surface area contributed by atoms with Gasteiger partial charge in [-0.1, -0.05) is 30.3 Å². The van der Waals surface area contributed by atoms with E-state index >= 15 is 0 Å². The minimum Gasteiger partial charge on any atom is -0.496 e. The molecule has 3 aromatic rings. The van der Waals surface area contributed by atoms with Crippen molar-refractivity contribution in [3.8, 4) is 11.5 Å². The third-order valence-electron chi connectivity index (χ3n) is 4.81. The van der Waals surface area contributed by atoms with Gasteiger partial charge in [0.2, 0.25) is 5.91 Å². The van der Waals surface area contributed by atoms with Gasteiger partial charge >= 0.3 is 6.16 Å². The second-order valence-corrected chi connectivity index (χ2v) is 7.25. The number of nitrogens with one attached hydrogen (secondary N) is 2. The average Bonchev–Trinajstić information content (AvgIpc) is 2.87. The first-order valence-electron chi connectivity index (χ1n) is 10.9. The van der Waals surface area contributed by atoms with Gasteiger partial charge in [-0.25, -0.2) is 4.79 Å². The van der Waals surface area contributed by atoms with Gasteiger partial charge in [0, 0.05) is 29.4 Å². The van der Waals surface area contributed by atoms with Crippen molar-refractivity contribution in [2.24, 2.45) is 0 Å². The molecule has 8 nitrogen and oxygen atoms in total. The summed E-state index contributed by atoms with van der Waals surface area (Å²) in [6.45, 7) is 2.20. The number of carbonyl (C=O) groups excluding carboxylic acids is 3. The third kappa shape index (κ3) is 7.75. The summed E-state index contributed by atoms with van der Waals surface area (Å²) in [4.78, 5) is 35.9. The molecule has 0 saturated carbocycles. The van der Waals surface area contributed by atoms with Gasteiger partial charge in [0.15, 0.2) is 0 Å². The van der Waals surface area contributed by atoms with Crippen LogP contribution in [-0.2, 0) is 16.1 Å². The molecule has 3 aromatic carbocycles. The summed E-state index contributed by atoms with van der Waals surface area (Å²) in [6.07, 6.45) is 2.33. The molecule has 0 aromatic heterocycles. The van der Waals surface area contributed by atoms with E-state index in [1.807, 2.05) is 36.4 Å². The smallest absolute Gasteiger partial charge is 0.496 e. The van der Waals surface area contributed by atoms with Gasteiger partial charge in [-0.3, -0.25) is 9.59 Å². The Hall–Kier alpha value is -4.59. The lowest BCUT2D eigenvalue weighted by Gasteiger charge is -2.08. The number of carbonyl (C=O) groups is 3. The van der Waals surface area contributed by atoms with E-state index in [1.54, 1.807) is 44.4 Å². The maximum Gasteiger partial charge on any atom is 0.513 e. The molecule has 35 heavy (non-hydrogen) atoms. The monoisotopic (exact) mass is 474 g/mol. The molecule has 0 spiro atoms. The quantitative estimate of drug-likeness (QED) is 0.262. The number of para-hydroxylation sites is 1. The zero-order valence-electron chi connectivity index (χ0n) is 19.4. The zero-order valence-corrected chi connectivity index (χ0v) is 19.4. The van der Waals surface area contributed by atoms with E-state index in [0.29, 0.717) is 23.5 Å². The van der Waals surface area contributed by atoms with Crippen molar-refractivity contribution in [3.05, 3.63) is 95.6 Å². The molecule has 180 valence electrons. The number of hydrogen-bond acceptors (Lipinski definition) is 6. The van der Waals surface area contributed by atoms with Crippen molar-refractivity contribution in [2.75, 3.05) is 19.0 Å². The van der Waals surface area contributed by atoms with Crippen LogP contribution in [0.3, 0.4) is 0 Å². The van der Waals surface area contributed by atoms with Gasteiger partial charge in [-0.05, 0) is 61.0 Å². The van der Waals surface area contributed by atoms with Gasteiger partial charge in [0.1, 0.15) is 11.5 Å². The summed E-state index contributed by atoms with van der Waals surface area (Å²) in [6, 6.07) is 20.7. The molecule has 0 heterocycles. The van der Waals surface area contributed by atoms with Crippen LogP contribution < -0.4 is 20.1 Å². The lowest BCUT2D eigenvalue weighted by atomic mass is 10.1. The van der Waals surface area contributed by atoms with E-state index in [9.17, 15) is 14.4 Å². The minimum atomic E-state index is -0.795. The molecule has 0 bridgehead atoms. The van der Waals surface area contributed by atoms with Crippen molar-refractivity contribution in [2.45, 2.75) is 13.5 Å². The second kappa shape index (κ2) is 12.6. The van der Waals surface area contributed by atoms with Gasteiger partial charge in [0.05, 0.1) is 13.7 Å². The van der Waals surface area contributed by atoms with Crippen LogP contribution in [-0.4, -0.2) is 31.7 Å². The largest absolute Gasteiger partial charge is 0.513 e. The first kappa shape index (κ1) is 25.0. The predicted molar refractivity (Wildman–Crippen MR) is 132 cm³/mol. The topological polar surface area (TPSA) is 103 Å². The molecule has 0 unspecified atom stereocenters. The highest BCUT2D eigenvalue weighted by Crippen LogP contribution is 2.19. The Bertz CT molecular complexity index is 1190. The Labute approximate surface area is 203 Å². The fourth-order valence-electron chi connectivity index (χ4n) is 3.06. The lowest BCUT2D eigenvalue weighted by molar-refractivity contribution is -0.111. The van der Waals surface area contributed by atoms with Gasteiger partial charge in [-0.2, -0.15) is 0 Å². The highest BCUT2D eigenvalue weighted by Gasteiger charge is 2.09. The van der Waals surface area contributed by atoms with Crippen LogP contribution in [0.2, 0.25) is 0 Å². The Balaban J connectivity index is 1.48. The van der Waals surface area contributed by atoms with E-state index in [1.165, 1.54) is 18.2 Å². The van der Waals surface area contributed by atoms with E-state index in [2.05, 4.69) is 10.6 Å². The first-order valence-corrected chi connectivity index (χ1v) is 10.9. The van der Waals surface area contributed by atoms with E-state index in [0.717, 1.165) is 11.1 Å². The fourth-order valence-corrected chi connectivity index (χ4v) is 3.06. The maximum absolute atomic E-state index is 12.4. The molecule has 2 amide bonds. The molecule has 8 heteroatoms. The molecular formula is C27H26N2O6. The van der Waals surface area contributed by atoms with Gasteiger partial charge < -0.3 is 24.8 Å². The normalized spacial score (nSPS) is 10.5. The van der Waals surface area contributed by atoms with Crippen molar-refractivity contribution in [3.63, 3.8) is 0 Å². The molecule has 0 radical (unpaired) electrons. The summed E-state index contributed by atoms with van der Waals surface area (Å²) in [5, 5.41) is 5.62. The SMILES string of the molecule is CCOC(=O)Oc1ccc(C(=O)NCc2ccc(NC(=O)/C=C/c3ccccc3OC)cc2)cc1. The molecule has 0 aliphatic carbocycles. The zero-order chi connectivity index (χ0) is 25.0. The lowest BCUT2D eigenvalue weighted by Crippen LogP contribution is -2.22. The number of rotatable bonds is 9. The fraction of sp³-hybridized carbons (Fsp3) is 0.148. The van der Waals surface area contributed by atoms with Crippen molar-refractivity contribution in [1.82, 2.24) is 5.32 Å². The standard InChI is InChI=1S/C27H26N2O6/c1-3-34-27(32)35-23-15-10-21(11-16-23)26(31)28-18-19-8-13-22(14-9-19)29-25(30)17-12-20-6-4-5-7-24(20)33-2/h4-17H,3,18H2,1-2H3,(H,28,31)(H,29,30)/b17-12+. The predicted octanol–water partition coefficient (Wildman–Crippen LogP) is 4.81. The summed E-state index contributed by atoms with van der Waals surface area (Å²) >= 11 is 0. The maximum atomic E-state index is 12.4. The number of ether oxygens (including phenoxy) is 3. The van der Waals surface area contributed by atoms with Crippen LogP contribution >= 0.6 is 0 Å². The van der Waals surface area contributed by atoms with Gasteiger partial charge in [0.25, 0.3) is 5.91 Å². The summed E-state index contributed by atoms with van der Waals surface area (Å²) < 4.78 is 14.9. The Kier molecular flexibility index (Phi) is 9.01. The van der Waals surface area contributed by atoms with Crippen molar-refractivity contribution < 1.29 is 28.6 Å². The van der Waals surface area contributed by atoms with E-state index in [-0.39, 0.29) is 24.2 Å². The Morgan fingerprint density at radius 3 is 2.31 bits per heavy atom.